The summed E-state index contributed by atoms with van der Waals surface area (Å²) in [7, 11) is 1.91. The van der Waals surface area contributed by atoms with Crippen LogP contribution in [0.1, 0.15) is 51.5 Å². The number of amides is 2. The minimum Gasteiger partial charge on any atom is -0.491 e. The van der Waals surface area contributed by atoms with Gasteiger partial charge < -0.3 is 15.0 Å². The lowest BCUT2D eigenvalue weighted by Crippen LogP contribution is -2.44. The second-order valence-corrected chi connectivity index (χ2v) is 6.37. The molecule has 1 N–H and O–H groups in total. The first-order valence-corrected chi connectivity index (χ1v) is 8.32. The number of urea groups is 1. The maximum atomic E-state index is 12.2. The van der Waals surface area contributed by atoms with E-state index >= 15 is 0 Å². The lowest BCUT2D eigenvalue weighted by atomic mass is 9.95. The average Bonchev–Trinajstić information content (AvgIpc) is 2.53. The lowest BCUT2D eigenvalue weighted by Gasteiger charge is -2.31. The van der Waals surface area contributed by atoms with E-state index in [2.05, 4.69) is 5.32 Å². The van der Waals surface area contributed by atoms with Crippen LogP contribution in [0.15, 0.2) is 24.3 Å². The van der Waals surface area contributed by atoms with Gasteiger partial charge in [-0.05, 0) is 44.4 Å². The van der Waals surface area contributed by atoms with Crippen molar-refractivity contribution < 1.29 is 9.53 Å². The van der Waals surface area contributed by atoms with Gasteiger partial charge in [0.1, 0.15) is 5.75 Å². The van der Waals surface area contributed by atoms with Crippen LogP contribution in [0, 0.1) is 0 Å². The number of ether oxygens (including phenoxy) is 1. The van der Waals surface area contributed by atoms with E-state index in [-0.39, 0.29) is 12.1 Å². The van der Waals surface area contributed by atoms with Crippen molar-refractivity contribution in [1.82, 2.24) is 10.2 Å². The minimum atomic E-state index is 0.0226. The number of nitrogens with zero attached hydrogens (tertiary/aromatic N) is 1. The molecule has 122 valence electrons. The van der Waals surface area contributed by atoms with Gasteiger partial charge >= 0.3 is 6.03 Å². The summed E-state index contributed by atoms with van der Waals surface area (Å²) in [5.41, 5.74) is 1.08. The van der Waals surface area contributed by atoms with Gasteiger partial charge in [-0.25, -0.2) is 4.79 Å². The molecule has 0 radical (unpaired) electrons. The third kappa shape index (κ3) is 4.93. The molecule has 0 atom stereocenters. The van der Waals surface area contributed by atoms with E-state index in [1.807, 2.05) is 50.1 Å². The Labute approximate surface area is 133 Å². The van der Waals surface area contributed by atoms with Crippen LogP contribution >= 0.6 is 0 Å². The standard InChI is InChI=1S/C18H28N2O2/c1-14(2)22-17-11-9-15(10-12-17)13-19-18(21)20(3)16-7-5-4-6-8-16/h9-12,14,16H,4-8,13H2,1-3H3,(H,19,21). The number of hydrogen-bond acceptors (Lipinski definition) is 2. The number of carbonyl (C=O) groups excluding carboxylic acids is 1. The summed E-state index contributed by atoms with van der Waals surface area (Å²) in [6.07, 6.45) is 6.21. The molecule has 0 saturated heterocycles. The van der Waals surface area contributed by atoms with Crippen LogP contribution in [0.3, 0.4) is 0 Å². The Morgan fingerprint density at radius 2 is 1.86 bits per heavy atom. The quantitative estimate of drug-likeness (QED) is 0.895. The number of carbonyl (C=O) groups is 1. The number of hydrogen-bond donors (Lipinski definition) is 1. The zero-order valence-corrected chi connectivity index (χ0v) is 14.0. The third-order valence-electron chi connectivity index (χ3n) is 4.18. The summed E-state index contributed by atoms with van der Waals surface area (Å²) in [6.45, 7) is 4.57. The second kappa shape index (κ2) is 8.06. The monoisotopic (exact) mass is 304 g/mol. The third-order valence-corrected chi connectivity index (χ3v) is 4.18. The van der Waals surface area contributed by atoms with Gasteiger partial charge in [0.15, 0.2) is 0 Å². The summed E-state index contributed by atoms with van der Waals surface area (Å²) in [5, 5.41) is 3.00. The number of benzene rings is 1. The molecule has 1 aliphatic carbocycles. The fraction of sp³-hybridized carbons (Fsp3) is 0.611. The van der Waals surface area contributed by atoms with E-state index in [1.54, 1.807) is 0 Å². The normalized spacial score (nSPS) is 15.6. The smallest absolute Gasteiger partial charge is 0.317 e. The van der Waals surface area contributed by atoms with E-state index in [9.17, 15) is 4.79 Å². The largest absolute Gasteiger partial charge is 0.491 e. The van der Waals surface area contributed by atoms with Gasteiger partial charge in [-0.15, -0.1) is 0 Å². The second-order valence-electron chi connectivity index (χ2n) is 6.37. The van der Waals surface area contributed by atoms with Crippen LogP contribution < -0.4 is 10.1 Å². The molecule has 2 rings (SSSR count). The Balaban J connectivity index is 1.80. The van der Waals surface area contributed by atoms with Gasteiger partial charge in [0, 0.05) is 19.6 Å². The topological polar surface area (TPSA) is 41.6 Å². The summed E-state index contributed by atoms with van der Waals surface area (Å²) in [5.74, 6) is 0.865. The SMILES string of the molecule is CC(C)Oc1ccc(CNC(=O)N(C)C2CCCCC2)cc1. The Morgan fingerprint density at radius 1 is 1.23 bits per heavy atom. The first kappa shape index (κ1) is 16.7. The molecule has 1 aliphatic rings. The van der Waals surface area contributed by atoms with Crippen LogP contribution in [0.25, 0.3) is 0 Å². The molecule has 0 aromatic heterocycles. The van der Waals surface area contributed by atoms with Crippen LogP contribution in [0.2, 0.25) is 0 Å². The Morgan fingerprint density at radius 3 is 2.45 bits per heavy atom. The number of rotatable bonds is 5. The van der Waals surface area contributed by atoms with E-state index in [1.165, 1.54) is 19.3 Å². The molecule has 0 heterocycles. The van der Waals surface area contributed by atoms with Crippen molar-refractivity contribution in [3.05, 3.63) is 29.8 Å². The van der Waals surface area contributed by atoms with Crippen molar-refractivity contribution >= 4 is 6.03 Å². The van der Waals surface area contributed by atoms with Crippen LogP contribution in [0.4, 0.5) is 4.79 Å². The molecule has 0 bridgehead atoms. The zero-order chi connectivity index (χ0) is 15.9. The summed E-state index contributed by atoms with van der Waals surface area (Å²) >= 11 is 0. The molecule has 1 aromatic rings. The van der Waals surface area contributed by atoms with E-state index in [0.29, 0.717) is 12.6 Å². The fourth-order valence-corrected chi connectivity index (χ4v) is 2.89. The van der Waals surface area contributed by atoms with Crippen molar-refractivity contribution in [3.63, 3.8) is 0 Å². The molecule has 2 amide bonds. The molecule has 4 nitrogen and oxygen atoms in total. The maximum Gasteiger partial charge on any atom is 0.317 e. The predicted molar refractivity (Wildman–Crippen MR) is 89.1 cm³/mol. The molecular formula is C18H28N2O2. The molecule has 1 aromatic carbocycles. The van der Waals surface area contributed by atoms with Crippen LogP contribution in [-0.2, 0) is 6.54 Å². The molecular weight excluding hydrogens is 276 g/mol. The zero-order valence-electron chi connectivity index (χ0n) is 14.0. The molecule has 1 fully saturated rings. The highest BCUT2D eigenvalue weighted by molar-refractivity contribution is 5.74. The molecule has 1 saturated carbocycles. The van der Waals surface area contributed by atoms with Crippen molar-refractivity contribution in [1.29, 1.82) is 0 Å². The van der Waals surface area contributed by atoms with Gasteiger partial charge in [-0.1, -0.05) is 31.4 Å². The highest BCUT2D eigenvalue weighted by atomic mass is 16.5. The average molecular weight is 304 g/mol. The van der Waals surface area contributed by atoms with Gasteiger partial charge in [0.25, 0.3) is 0 Å². The van der Waals surface area contributed by atoms with E-state index < -0.39 is 0 Å². The minimum absolute atomic E-state index is 0.0226. The van der Waals surface area contributed by atoms with Crippen molar-refractivity contribution in [2.75, 3.05) is 7.05 Å². The first-order valence-electron chi connectivity index (χ1n) is 8.32. The highest BCUT2D eigenvalue weighted by Crippen LogP contribution is 2.21. The molecule has 0 spiro atoms. The molecule has 4 heteroatoms. The van der Waals surface area contributed by atoms with Gasteiger partial charge in [0.05, 0.1) is 6.10 Å². The summed E-state index contributed by atoms with van der Waals surface area (Å²) in [4.78, 5) is 14.1. The molecule has 0 unspecified atom stereocenters. The maximum absolute atomic E-state index is 12.2. The highest BCUT2D eigenvalue weighted by Gasteiger charge is 2.21. The lowest BCUT2D eigenvalue weighted by molar-refractivity contribution is 0.173. The Kier molecular flexibility index (Phi) is 6.10. The summed E-state index contributed by atoms with van der Waals surface area (Å²) in [6, 6.07) is 8.32. The Hall–Kier alpha value is -1.71. The predicted octanol–water partition coefficient (Wildman–Crippen LogP) is 3.95. The molecule has 0 aliphatic heterocycles. The Bertz CT molecular complexity index is 464. The van der Waals surface area contributed by atoms with Gasteiger partial charge in [-0.2, -0.15) is 0 Å². The van der Waals surface area contributed by atoms with Gasteiger partial charge in [-0.3, -0.25) is 0 Å². The van der Waals surface area contributed by atoms with Crippen molar-refractivity contribution in [2.45, 2.75) is 64.6 Å². The fourth-order valence-electron chi connectivity index (χ4n) is 2.89. The van der Waals surface area contributed by atoms with Crippen LogP contribution in [-0.4, -0.2) is 30.1 Å². The van der Waals surface area contributed by atoms with E-state index in [0.717, 1.165) is 24.2 Å². The number of nitrogens with one attached hydrogen (secondary N) is 1. The van der Waals surface area contributed by atoms with Crippen molar-refractivity contribution in [2.24, 2.45) is 0 Å². The molecule has 22 heavy (non-hydrogen) atoms. The van der Waals surface area contributed by atoms with Crippen LogP contribution in [0.5, 0.6) is 5.75 Å². The summed E-state index contributed by atoms with van der Waals surface area (Å²) < 4.78 is 5.62. The van der Waals surface area contributed by atoms with Crippen molar-refractivity contribution in [3.8, 4) is 5.75 Å². The van der Waals surface area contributed by atoms with E-state index in [4.69, 9.17) is 4.74 Å². The first-order chi connectivity index (χ1) is 10.6. The van der Waals surface area contributed by atoms with Gasteiger partial charge in [0.2, 0.25) is 0 Å².